The van der Waals surface area contributed by atoms with E-state index in [1.54, 1.807) is 7.11 Å². The molecule has 0 radical (unpaired) electrons. The smallest absolute Gasteiger partial charge is 0.240 e. The number of piperazine rings is 1. The van der Waals surface area contributed by atoms with Crippen molar-refractivity contribution >= 4 is 5.91 Å². The summed E-state index contributed by atoms with van der Waals surface area (Å²) in [5.41, 5.74) is 0.977. The van der Waals surface area contributed by atoms with Crippen LogP contribution in [0.1, 0.15) is 31.1 Å². The Kier molecular flexibility index (Phi) is 6.45. The fourth-order valence-corrected chi connectivity index (χ4v) is 3.22. The van der Waals surface area contributed by atoms with Gasteiger partial charge in [0, 0.05) is 32.6 Å². The summed E-state index contributed by atoms with van der Waals surface area (Å²) in [6.45, 7) is 7.97. The van der Waals surface area contributed by atoms with Crippen molar-refractivity contribution in [3.8, 4) is 5.75 Å². The van der Waals surface area contributed by atoms with Crippen molar-refractivity contribution in [1.82, 2.24) is 19.9 Å². The average molecular weight is 372 g/mol. The van der Waals surface area contributed by atoms with E-state index in [-0.39, 0.29) is 5.91 Å². The van der Waals surface area contributed by atoms with E-state index in [9.17, 15) is 4.79 Å². The number of carbonyl (C=O) groups excluding carboxylic acids is 1. The summed E-state index contributed by atoms with van der Waals surface area (Å²) in [5.74, 6) is 2.87. The first-order chi connectivity index (χ1) is 13.0. The summed E-state index contributed by atoms with van der Waals surface area (Å²) in [5, 5.41) is 4.04. The van der Waals surface area contributed by atoms with E-state index in [0.29, 0.717) is 24.8 Å². The van der Waals surface area contributed by atoms with Crippen LogP contribution in [0.2, 0.25) is 0 Å². The second kappa shape index (κ2) is 8.99. The number of ether oxygens (including phenoxy) is 1. The van der Waals surface area contributed by atoms with Gasteiger partial charge in [0.25, 0.3) is 0 Å². The molecule has 0 N–H and O–H groups in total. The van der Waals surface area contributed by atoms with Crippen molar-refractivity contribution in [2.24, 2.45) is 5.92 Å². The Labute approximate surface area is 160 Å². The highest BCUT2D eigenvalue weighted by molar-refractivity contribution is 5.79. The zero-order valence-corrected chi connectivity index (χ0v) is 16.4. The molecule has 7 nitrogen and oxygen atoms in total. The molecular formula is C20H28N4O3. The minimum Gasteiger partial charge on any atom is -0.497 e. The van der Waals surface area contributed by atoms with E-state index in [0.717, 1.165) is 49.7 Å². The van der Waals surface area contributed by atoms with Gasteiger partial charge >= 0.3 is 0 Å². The number of nitrogens with zero attached hydrogens (tertiary/aromatic N) is 4. The molecule has 1 fully saturated rings. The second-order valence-electron chi connectivity index (χ2n) is 7.39. The molecule has 0 unspecified atom stereocenters. The summed E-state index contributed by atoms with van der Waals surface area (Å²) in [6.07, 6.45) is 1.23. The van der Waals surface area contributed by atoms with Gasteiger partial charge in [0.1, 0.15) is 5.75 Å². The van der Waals surface area contributed by atoms with Crippen molar-refractivity contribution < 1.29 is 14.1 Å². The number of hydrogen-bond acceptors (Lipinski definition) is 6. The zero-order chi connectivity index (χ0) is 19.2. The monoisotopic (exact) mass is 372 g/mol. The topological polar surface area (TPSA) is 71.7 Å². The number of methoxy groups -OCH3 is 1. The van der Waals surface area contributed by atoms with Gasteiger partial charge in [0.2, 0.25) is 11.8 Å². The van der Waals surface area contributed by atoms with Crippen LogP contribution >= 0.6 is 0 Å². The molecule has 3 rings (SSSR count). The van der Waals surface area contributed by atoms with Gasteiger partial charge in [-0.2, -0.15) is 4.98 Å². The van der Waals surface area contributed by atoms with Gasteiger partial charge in [-0.15, -0.1) is 0 Å². The summed E-state index contributed by atoms with van der Waals surface area (Å²) < 4.78 is 10.6. The molecule has 7 heteroatoms. The molecule has 0 aliphatic carbocycles. The molecule has 1 aromatic heterocycles. The SMILES string of the molecule is COc1cccc(CC(=O)N2CCN(Cc3nc(CC(C)C)no3)CC2)c1. The maximum Gasteiger partial charge on any atom is 0.240 e. The molecule has 0 saturated carbocycles. The van der Waals surface area contributed by atoms with Gasteiger partial charge < -0.3 is 14.2 Å². The van der Waals surface area contributed by atoms with Gasteiger partial charge in [-0.05, 0) is 23.6 Å². The van der Waals surface area contributed by atoms with Crippen molar-refractivity contribution in [3.05, 3.63) is 41.5 Å². The predicted molar refractivity (Wildman–Crippen MR) is 101 cm³/mol. The van der Waals surface area contributed by atoms with Gasteiger partial charge in [0.05, 0.1) is 20.1 Å². The molecule has 1 aliphatic rings. The second-order valence-corrected chi connectivity index (χ2v) is 7.39. The van der Waals surface area contributed by atoms with Crippen LogP contribution in [-0.4, -0.2) is 59.1 Å². The zero-order valence-electron chi connectivity index (χ0n) is 16.4. The molecule has 0 atom stereocenters. The lowest BCUT2D eigenvalue weighted by Gasteiger charge is -2.34. The molecule has 146 valence electrons. The molecule has 1 aliphatic heterocycles. The molecule has 0 bridgehead atoms. The van der Waals surface area contributed by atoms with Crippen LogP contribution in [0.3, 0.4) is 0 Å². The fourth-order valence-electron chi connectivity index (χ4n) is 3.22. The number of aromatic nitrogens is 2. The lowest BCUT2D eigenvalue weighted by atomic mass is 10.1. The number of rotatable bonds is 7. The number of hydrogen-bond donors (Lipinski definition) is 0. The minimum atomic E-state index is 0.153. The molecule has 27 heavy (non-hydrogen) atoms. The fraction of sp³-hybridized carbons (Fsp3) is 0.550. The Morgan fingerprint density at radius 2 is 2.04 bits per heavy atom. The average Bonchev–Trinajstić information content (AvgIpc) is 3.08. The van der Waals surface area contributed by atoms with Crippen molar-refractivity contribution in [2.45, 2.75) is 33.2 Å². The number of carbonyl (C=O) groups is 1. The molecule has 2 aromatic rings. The van der Waals surface area contributed by atoms with Crippen LogP contribution in [0.15, 0.2) is 28.8 Å². The first-order valence-corrected chi connectivity index (χ1v) is 9.48. The van der Waals surface area contributed by atoms with E-state index in [1.165, 1.54) is 0 Å². The van der Waals surface area contributed by atoms with Crippen LogP contribution < -0.4 is 4.74 Å². The van der Waals surface area contributed by atoms with E-state index in [2.05, 4.69) is 28.9 Å². The summed E-state index contributed by atoms with van der Waals surface area (Å²) in [6, 6.07) is 7.67. The van der Waals surface area contributed by atoms with Crippen LogP contribution in [0, 0.1) is 5.92 Å². The highest BCUT2D eigenvalue weighted by Gasteiger charge is 2.22. The number of benzene rings is 1. The van der Waals surface area contributed by atoms with Crippen LogP contribution in [0.5, 0.6) is 5.75 Å². The Bertz CT molecular complexity index is 751. The van der Waals surface area contributed by atoms with Crippen LogP contribution in [0.25, 0.3) is 0 Å². The van der Waals surface area contributed by atoms with Crippen molar-refractivity contribution in [3.63, 3.8) is 0 Å². The van der Waals surface area contributed by atoms with Crippen LogP contribution in [0.4, 0.5) is 0 Å². The molecule has 2 heterocycles. The van der Waals surface area contributed by atoms with E-state index >= 15 is 0 Å². The first kappa shape index (κ1) is 19.4. The molecule has 1 aromatic carbocycles. The third-order valence-electron chi connectivity index (χ3n) is 4.67. The molecule has 1 saturated heterocycles. The van der Waals surface area contributed by atoms with E-state index < -0.39 is 0 Å². The Morgan fingerprint density at radius 3 is 2.74 bits per heavy atom. The largest absolute Gasteiger partial charge is 0.497 e. The first-order valence-electron chi connectivity index (χ1n) is 9.48. The maximum absolute atomic E-state index is 12.6. The van der Waals surface area contributed by atoms with E-state index in [1.807, 2.05) is 29.2 Å². The van der Waals surface area contributed by atoms with Crippen molar-refractivity contribution in [1.29, 1.82) is 0 Å². The van der Waals surface area contributed by atoms with Gasteiger partial charge in [-0.1, -0.05) is 31.1 Å². The Hall–Kier alpha value is -2.41. The van der Waals surface area contributed by atoms with E-state index in [4.69, 9.17) is 9.26 Å². The lowest BCUT2D eigenvalue weighted by molar-refractivity contribution is -0.132. The third-order valence-corrected chi connectivity index (χ3v) is 4.67. The summed E-state index contributed by atoms with van der Waals surface area (Å²) in [4.78, 5) is 21.2. The summed E-state index contributed by atoms with van der Waals surface area (Å²) in [7, 11) is 1.63. The highest BCUT2D eigenvalue weighted by Crippen LogP contribution is 2.15. The van der Waals surface area contributed by atoms with Crippen molar-refractivity contribution in [2.75, 3.05) is 33.3 Å². The Morgan fingerprint density at radius 1 is 1.26 bits per heavy atom. The van der Waals surface area contributed by atoms with Gasteiger partial charge in [0.15, 0.2) is 5.82 Å². The third kappa shape index (κ3) is 5.53. The number of amides is 1. The standard InChI is InChI=1S/C20H28N4O3/c1-15(2)11-18-21-19(27-22-18)14-23-7-9-24(10-8-23)20(25)13-16-5-4-6-17(12-16)26-3/h4-6,12,15H,7-11,13-14H2,1-3H3. The molecule has 1 amide bonds. The minimum absolute atomic E-state index is 0.153. The maximum atomic E-state index is 12.6. The molecule has 0 spiro atoms. The lowest BCUT2D eigenvalue weighted by Crippen LogP contribution is -2.48. The highest BCUT2D eigenvalue weighted by atomic mass is 16.5. The van der Waals surface area contributed by atoms with Crippen LogP contribution in [-0.2, 0) is 24.2 Å². The Balaban J connectivity index is 1.46. The molecular weight excluding hydrogens is 344 g/mol. The van der Waals surface area contributed by atoms with Gasteiger partial charge in [-0.25, -0.2) is 0 Å². The quantitative estimate of drug-likeness (QED) is 0.742. The normalized spacial score (nSPS) is 15.3. The van der Waals surface area contributed by atoms with Gasteiger partial charge in [-0.3, -0.25) is 9.69 Å². The predicted octanol–water partition coefficient (Wildman–Crippen LogP) is 2.16. The summed E-state index contributed by atoms with van der Waals surface area (Å²) >= 11 is 0.